The van der Waals surface area contributed by atoms with Crippen molar-refractivity contribution in [3.8, 4) is 0 Å². The Labute approximate surface area is 118 Å². The first-order chi connectivity index (χ1) is 9.63. The first-order valence-corrected chi connectivity index (χ1v) is 7.11. The van der Waals surface area contributed by atoms with Crippen molar-refractivity contribution in [2.24, 2.45) is 0 Å². The van der Waals surface area contributed by atoms with Gasteiger partial charge in [-0.2, -0.15) is 0 Å². The molecule has 1 aliphatic rings. The van der Waals surface area contributed by atoms with E-state index in [0.717, 1.165) is 25.6 Å². The summed E-state index contributed by atoms with van der Waals surface area (Å²) in [7, 11) is 2.01. The van der Waals surface area contributed by atoms with Crippen LogP contribution in [0, 0.1) is 11.6 Å². The summed E-state index contributed by atoms with van der Waals surface area (Å²) >= 11 is 0. The molecule has 0 bridgehead atoms. The lowest BCUT2D eigenvalue weighted by molar-refractivity contribution is -0.0398. The third-order valence-electron chi connectivity index (χ3n) is 3.60. The molecule has 2 rings (SSSR count). The molecule has 1 aromatic carbocycles. The monoisotopic (exact) mass is 284 g/mol. The molecule has 0 aliphatic carbocycles. The topological polar surface area (TPSA) is 24.5 Å². The summed E-state index contributed by atoms with van der Waals surface area (Å²) in [5.74, 6) is -1.59. The van der Waals surface area contributed by atoms with Gasteiger partial charge in [0.15, 0.2) is 11.6 Å². The van der Waals surface area contributed by atoms with Gasteiger partial charge in [-0.1, -0.05) is 19.1 Å². The number of hydrogen-bond acceptors (Lipinski definition) is 3. The van der Waals surface area contributed by atoms with Crippen molar-refractivity contribution in [3.63, 3.8) is 0 Å². The molecule has 1 fully saturated rings. The number of morpholine rings is 1. The molecule has 0 radical (unpaired) electrons. The van der Waals surface area contributed by atoms with Gasteiger partial charge < -0.3 is 15.0 Å². The average molecular weight is 284 g/mol. The zero-order valence-corrected chi connectivity index (χ0v) is 12.0. The summed E-state index contributed by atoms with van der Waals surface area (Å²) in [5.41, 5.74) is 0.346. The highest BCUT2D eigenvalue weighted by Crippen LogP contribution is 2.25. The molecule has 2 unspecified atom stereocenters. The van der Waals surface area contributed by atoms with Crippen LogP contribution in [0.15, 0.2) is 18.2 Å². The van der Waals surface area contributed by atoms with Crippen LogP contribution in [0.3, 0.4) is 0 Å². The minimum absolute atomic E-state index is 0.170. The van der Waals surface area contributed by atoms with Gasteiger partial charge in [-0.05, 0) is 26.1 Å². The van der Waals surface area contributed by atoms with E-state index in [1.807, 2.05) is 14.0 Å². The Morgan fingerprint density at radius 2 is 2.25 bits per heavy atom. The highest BCUT2D eigenvalue weighted by Gasteiger charge is 2.30. The maximum Gasteiger partial charge on any atom is 0.163 e. The highest BCUT2D eigenvalue weighted by molar-refractivity contribution is 5.24. The standard InChI is InChI=1S/C15H22F2N2O/c1-3-7-18-15(13-10-19(2)8-9-20-13)11-5-4-6-12(16)14(11)17/h4-6,13,15,18H,3,7-10H2,1-2H3. The summed E-state index contributed by atoms with van der Waals surface area (Å²) in [4.78, 5) is 2.14. The van der Waals surface area contributed by atoms with E-state index in [0.29, 0.717) is 18.7 Å². The van der Waals surface area contributed by atoms with E-state index in [-0.39, 0.29) is 12.1 Å². The van der Waals surface area contributed by atoms with E-state index in [9.17, 15) is 8.78 Å². The maximum atomic E-state index is 14.0. The van der Waals surface area contributed by atoms with Gasteiger partial charge in [-0.25, -0.2) is 8.78 Å². The van der Waals surface area contributed by atoms with Crippen LogP contribution in [-0.2, 0) is 4.74 Å². The molecule has 1 saturated heterocycles. The summed E-state index contributed by atoms with van der Waals surface area (Å²) in [6.45, 7) is 4.96. The van der Waals surface area contributed by atoms with Crippen LogP contribution in [0.5, 0.6) is 0 Å². The van der Waals surface area contributed by atoms with Crippen molar-refractivity contribution in [2.45, 2.75) is 25.5 Å². The minimum atomic E-state index is -0.810. The fourth-order valence-corrected chi connectivity index (χ4v) is 2.51. The van der Waals surface area contributed by atoms with E-state index < -0.39 is 11.6 Å². The number of benzene rings is 1. The lowest BCUT2D eigenvalue weighted by Gasteiger charge is -2.36. The molecule has 0 spiro atoms. The number of likely N-dealkylation sites (N-methyl/N-ethyl adjacent to an activating group) is 1. The molecule has 0 amide bonds. The van der Waals surface area contributed by atoms with Crippen molar-refractivity contribution in [2.75, 3.05) is 33.3 Å². The van der Waals surface area contributed by atoms with Crippen molar-refractivity contribution >= 4 is 0 Å². The Morgan fingerprint density at radius 3 is 2.95 bits per heavy atom. The Balaban J connectivity index is 2.24. The van der Waals surface area contributed by atoms with E-state index in [4.69, 9.17) is 4.74 Å². The van der Waals surface area contributed by atoms with Crippen LogP contribution in [-0.4, -0.2) is 44.3 Å². The molecule has 3 nitrogen and oxygen atoms in total. The van der Waals surface area contributed by atoms with Crippen LogP contribution in [0.4, 0.5) is 8.78 Å². The van der Waals surface area contributed by atoms with Gasteiger partial charge in [-0.15, -0.1) is 0 Å². The molecular formula is C15H22F2N2O. The van der Waals surface area contributed by atoms with Crippen LogP contribution in [0.1, 0.15) is 24.9 Å². The summed E-state index contributed by atoms with van der Waals surface area (Å²) in [6.07, 6.45) is 0.757. The van der Waals surface area contributed by atoms with Crippen LogP contribution in [0.25, 0.3) is 0 Å². The van der Waals surface area contributed by atoms with Crippen molar-refractivity contribution in [1.29, 1.82) is 0 Å². The highest BCUT2D eigenvalue weighted by atomic mass is 19.2. The molecular weight excluding hydrogens is 262 g/mol. The predicted octanol–water partition coefficient (Wildman–Crippen LogP) is 2.34. The number of ether oxygens (including phenoxy) is 1. The molecule has 112 valence electrons. The first kappa shape index (κ1) is 15.4. The molecule has 1 heterocycles. The largest absolute Gasteiger partial charge is 0.374 e. The lowest BCUT2D eigenvalue weighted by Crippen LogP contribution is -2.47. The molecule has 0 aromatic heterocycles. The molecule has 20 heavy (non-hydrogen) atoms. The molecule has 2 atom stereocenters. The smallest absolute Gasteiger partial charge is 0.163 e. The Morgan fingerprint density at radius 1 is 1.45 bits per heavy atom. The fourth-order valence-electron chi connectivity index (χ4n) is 2.51. The second-order valence-corrected chi connectivity index (χ2v) is 5.25. The van der Waals surface area contributed by atoms with E-state index in [1.54, 1.807) is 12.1 Å². The van der Waals surface area contributed by atoms with E-state index in [2.05, 4.69) is 10.2 Å². The maximum absolute atomic E-state index is 14.0. The van der Waals surface area contributed by atoms with Crippen molar-refractivity contribution in [3.05, 3.63) is 35.4 Å². The zero-order valence-electron chi connectivity index (χ0n) is 12.0. The molecule has 5 heteroatoms. The number of nitrogens with zero attached hydrogens (tertiary/aromatic N) is 1. The summed E-state index contributed by atoms with van der Waals surface area (Å²) < 4.78 is 33.3. The number of rotatable bonds is 5. The lowest BCUT2D eigenvalue weighted by atomic mass is 9.99. The first-order valence-electron chi connectivity index (χ1n) is 7.11. The third kappa shape index (κ3) is 3.53. The van der Waals surface area contributed by atoms with E-state index in [1.165, 1.54) is 0 Å². The van der Waals surface area contributed by atoms with Crippen LogP contribution in [0.2, 0.25) is 0 Å². The molecule has 1 N–H and O–H groups in total. The fraction of sp³-hybridized carbons (Fsp3) is 0.600. The van der Waals surface area contributed by atoms with Gasteiger partial charge in [0.05, 0.1) is 18.8 Å². The third-order valence-corrected chi connectivity index (χ3v) is 3.60. The van der Waals surface area contributed by atoms with Gasteiger partial charge >= 0.3 is 0 Å². The average Bonchev–Trinajstić information content (AvgIpc) is 2.44. The van der Waals surface area contributed by atoms with Crippen LogP contribution >= 0.6 is 0 Å². The molecule has 1 aromatic rings. The number of nitrogens with one attached hydrogen (secondary N) is 1. The Bertz CT molecular complexity index is 442. The molecule has 0 saturated carbocycles. The van der Waals surface area contributed by atoms with Crippen LogP contribution < -0.4 is 5.32 Å². The van der Waals surface area contributed by atoms with Gasteiger partial charge in [0, 0.05) is 18.7 Å². The predicted molar refractivity (Wildman–Crippen MR) is 74.6 cm³/mol. The number of hydrogen-bond donors (Lipinski definition) is 1. The minimum Gasteiger partial charge on any atom is -0.374 e. The quantitative estimate of drug-likeness (QED) is 0.898. The summed E-state index contributed by atoms with van der Waals surface area (Å²) in [6, 6.07) is 3.99. The molecule has 1 aliphatic heterocycles. The second kappa shape index (κ2) is 7.11. The van der Waals surface area contributed by atoms with Gasteiger partial charge in [-0.3, -0.25) is 0 Å². The van der Waals surface area contributed by atoms with Gasteiger partial charge in [0.1, 0.15) is 0 Å². The SMILES string of the molecule is CCCNC(c1cccc(F)c1F)C1CN(C)CCO1. The number of halogens is 2. The van der Waals surface area contributed by atoms with Gasteiger partial charge in [0.25, 0.3) is 0 Å². The van der Waals surface area contributed by atoms with E-state index >= 15 is 0 Å². The normalized spacial score (nSPS) is 21.9. The summed E-state index contributed by atoms with van der Waals surface area (Å²) in [5, 5.41) is 3.29. The second-order valence-electron chi connectivity index (χ2n) is 5.25. The zero-order chi connectivity index (χ0) is 14.5. The van der Waals surface area contributed by atoms with Gasteiger partial charge in [0.2, 0.25) is 0 Å². The van der Waals surface area contributed by atoms with Crippen molar-refractivity contribution < 1.29 is 13.5 Å². The Hall–Kier alpha value is -1.04. The Kier molecular flexibility index (Phi) is 5.46. The van der Waals surface area contributed by atoms with Crippen molar-refractivity contribution in [1.82, 2.24) is 10.2 Å².